The Morgan fingerprint density at radius 3 is 2.60 bits per heavy atom. The Morgan fingerprint density at radius 1 is 1.24 bits per heavy atom. The number of hydrogen-bond acceptors (Lipinski definition) is 5. The smallest absolute Gasteiger partial charge is 0.227 e. The first-order chi connectivity index (χ1) is 12.2. The lowest BCUT2D eigenvalue weighted by Crippen LogP contribution is -2.48. The van der Waals surface area contributed by atoms with E-state index in [4.69, 9.17) is 15.2 Å². The van der Waals surface area contributed by atoms with Gasteiger partial charge in [0.05, 0.1) is 19.1 Å². The largest absolute Gasteiger partial charge is 0.497 e. The van der Waals surface area contributed by atoms with Crippen LogP contribution in [0.1, 0.15) is 17.7 Å². The van der Waals surface area contributed by atoms with Gasteiger partial charge in [0, 0.05) is 29.5 Å². The molecular weight excluding hydrogens is 336 g/mol. The van der Waals surface area contributed by atoms with Gasteiger partial charge in [-0.1, -0.05) is 0 Å². The highest BCUT2D eigenvalue weighted by atomic mass is 32.1. The summed E-state index contributed by atoms with van der Waals surface area (Å²) < 4.78 is 10.6. The summed E-state index contributed by atoms with van der Waals surface area (Å²) in [4.78, 5) is 14.9. The summed E-state index contributed by atoms with van der Waals surface area (Å²) in [7, 11) is 1.66. The third kappa shape index (κ3) is 4.03. The van der Waals surface area contributed by atoms with Gasteiger partial charge in [0.25, 0.3) is 0 Å². The van der Waals surface area contributed by atoms with Crippen molar-refractivity contribution in [2.24, 2.45) is 11.1 Å². The average Bonchev–Trinajstić information content (AvgIpc) is 3.15. The lowest BCUT2D eigenvalue weighted by Gasteiger charge is -2.34. The first-order valence-corrected chi connectivity index (χ1v) is 9.28. The minimum atomic E-state index is -0.478. The van der Waals surface area contributed by atoms with E-state index >= 15 is 0 Å². The van der Waals surface area contributed by atoms with Crippen molar-refractivity contribution in [1.82, 2.24) is 5.32 Å². The average molecular weight is 360 g/mol. The first-order valence-electron chi connectivity index (χ1n) is 8.46. The van der Waals surface area contributed by atoms with E-state index in [0.717, 1.165) is 16.2 Å². The van der Waals surface area contributed by atoms with Gasteiger partial charge in [-0.3, -0.25) is 4.79 Å². The summed E-state index contributed by atoms with van der Waals surface area (Å²) in [5.74, 6) is 0.883. The molecule has 1 aromatic heterocycles. The van der Waals surface area contributed by atoms with E-state index in [1.165, 1.54) is 4.88 Å². The topological polar surface area (TPSA) is 73.6 Å². The van der Waals surface area contributed by atoms with Crippen LogP contribution >= 0.6 is 11.3 Å². The Balaban J connectivity index is 1.62. The molecule has 2 heterocycles. The van der Waals surface area contributed by atoms with Gasteiger partial charge < -0.3 is 20.5 Å². The Kier molecular flexibility index (Phi) is 5.73. The number of nitrogens with one attached hydrogen (secondary N) is 1. The molecule has 0 saturated carbocycles. The molecule has 0 unspecified atom stereocenters. The van der Waals surface area contributed by atoms with Crippen LogP contribution in [0.25, 0.3) is 10.4 Å². The molecule has 2 aromatic rings. The maximum Gasteiger partial charge on any atom is 0.227 e. The van der Waals surface area contributed by atoms with E-state index in [1.807, 2.05) is 24.3 Å². The number of amides is 1. The van der Waals surface area contributed by atoms with E-state index in [2.05, 4.69) is 17.4 Å². The number of rotatable bonds is 6. The molecule has 0 bridgehead atoms. The second kappa shape index (κ2) is 7.99. The first kappa shape index (κ1) is 17.9. The highest BCUT2D eigenvalue weighted by Crippen LogP contribution is 2.31. The fourth-order valence-electron chi connectivity index (χ4n) is 3.02. The summed E-state index contributed by atoms with van der Waals surface area (Å²) in [6, 6.07) is 12.1. The molecule has 1 aliphatic heterocycles. The fraction of sp³-hybridized carbons (Fsp3) is 0.421. The number of hydrogen-bond donors (Lipinski definition) is 2. The number of thiophene rings is 1. The molecule has 1 fully saturated rings. The second-order valence-corrected chi connectivity index (χ2v) is 7.44. The van der Waals surface area contributed by atoms with Gasteiger partial charge in [-0.25, -0.2) is 0 Å². The van der Waals surface area contributed by atoms with Crippen molar-refractivity contribution in [3.8, 4) is 16.2 Å². The molecule has 0 aliphatic carbocycles. The number of benzene rings is 1. The van der Waals surface area contributed by atoms with Gasteiger partial charge in [-0.15, -0.1) is 11.3 Å². The number of methoxy groups -OCH3 is 1. The van der Waals surface area contributed by atoms with Crippen molar-refractivity contribution in [3.05, 3.63) is 41.3 Å². The molecule has 1 amide bonds. The molecule has 5 nitrogen and oxygen atoms in total. The zero-order valence-electron chi connectivity index (χ0n) is 14.4. The van der Waals surface area contributed by atoms with Crippen molar-refractivity contribution >= 4 is 17.2 Å². The number of ether oxygens (including phenoxy) is 2. The maximum absolute atomic E-state index is 12.6. The van der Waals surface area contributed by atoms with Crippen LogP contribution in [0, 0.1) is 5.41 Å². The second-order valence-electron chi connectivity index (χ2n) is 6.27. The third-order valence-electron chi connectivity index (χ3n) is 4.78. The van der Waals surface area contributed by atoms with Crippen molar-refractivity contribution < 1.29 is 14.3 Å². The van der Waals surface area contributed by atoms with Gasteiger partial charge in [0.15, 0.2) is 0 Å². The standard InChI is InChI=1S/C19H24N2O3S/c1-23-15-4-2-14(3-5-15)17-7-6-16(25-17)12-21-18(22)19(13-20)8-10-24-11-9-19/h2-7H,8-13,20H2,1H3,(H,21,22). The Morgan fingerprint density at radius 2 is 1.96 bits per heavy atom. The highest BCUT2D eigenvalue weighted by Gasteiger charge is 2.38. The van der Waals surface area contributed by atoms with Crippen LogP contribution in [-0.2, 0) is 16.1 Å². The molecule has 0 spiro atoms. The molecule has 3 rings (SSSR count). The Hall–Kier alpha value is -1.89. The summed E-state index contributed by atoms with van der Waals surface area (Å²) in [6.07, 6.45) is 1.38. The van der Waals surface area contributed by atoms with Crippen LogP contribution in [0.2, 0.25) is 0 Å². The van der Waals surface area contributed by atoms with Gasteiger partial charge in [0.2, 0.25) is 5.91 Å². The van der Waals surface area contributed by atoms with Gasteiger partial charge in [0.1, 0.15) is 5.75 Å². The third-order valence-corrected chi connectivity index (χ3v) is 5.92. The Bertz CT molecular complexity index is 706. The molecular formula is C19H24N2O3S. The lowest BCUT2D eigenvalue weighted by atomic mass is 9.79. The van der Waals surface area contributed by atoms with Gasteiger partial charge in [-0.05, 0) is 54.8 Å². The van der Waals surface area contributed by atoms with Crippen molar-refractivity contribution in [3.63, 3.8) is 0 Å². The van der Waals surface area contributed by atoms with Crippen molar-refractivity contribution in [1.29, 1.82) is 0 Å². The van der Waals surface area contributed by atoms with E-state index in [0.29, 0.717) is 39.1 Å². The number of carbonyl (C=O) groups is 1. The molecule has 134 valence electrons. The normalized spacial score (nSPS) is 16.4. The summed E-state index contributed by atoms with van der Waals surface area (Å²) >= 11 is 1.68. The van der Waals surface area contributed by atoms with Crippen molar-refractivity contribution in [2.75, 3.05) is 26.9 Å². The SMILES string of the molecule is COc1ccc(-c2ccc(CNC(=O)C3(CN)CCOCC3)s2)cc1. The molecule has 1 aliphatic rings. The van der Waals surface area contributed by atoms with Crippen LogP contribution in [0.15, 0.2) is 36.4 Å². The molecule has 1 aromatic carbocycles. The molecule has 25 heavy (non-hydrogen) atoms. The minimum Gasteiger partial charge on any atom is -0.497 e. The van der Waals surface area contributed by atoms with E-state index in [-0.39, 0.29) is 5.91 Å². The zero-order valence-corrected chi connectivity index (χ0v) is 15.2. The van der Waals surface area contributed by atoms with Crippen molar-refractivity contribution in [2.45, 2.75) is 19.4 Å². The summed E-state index contributed by atoms with van der Waals surface area (Å²) in [6.45, 7) is 2.10. The van der Waals surface area contributed by atoms with Crippen LogP contribution in [-0.4, -0.2) is 32.8 Å². The molecule has 0 radical (unpaired) electrons. The molecule has 3 N–H and O–H groups in total. The van der Waals surface area contributed by atoms with E-state index in [9.17, 15) is 4.79 Å². The minimum absolute atomic E-state index is 0.0395. The predicted octanol–water partition coefficient (Wildman–Crippen LogP) is 2.80. The van der Waals surface area contributed by atoms with Gasteiger partial charge >= 0.3 is 0 Å². The van der Waals surface area contributed by atoms with Crippen LogP contribution in [0.5, 0.6) is 5.75 Å². The Labute approximate surface area is 152 Å². The van der Waals surface area contributed by atoms with Crippen LogP contribution in [0.4, 0.5) is 0 Å². The van der Waals surface area contributed by atoms with E-state index < -0.39 is 5.41 Å². The quantitative estimate of drug-likeness (QED) is 0.831. The molecule has 6 heteroatoms. The number of nitrogens with two attached hydrogens (primary N) is 1. The fourth-order valence-corrected chi connectivity index (χ4v) is 3.98. The highest BCUT2D eigenvalue weighted by molar-refractivity contribution is 7.15. The molecule has 0 atom stereocenters. The maximum atomic E-state index is 12.6. The van der Waals surface area contributed by atoms with E-state index in [1.54, 1.807) is 18.4 Å². The monoisotopic (exact) mass is 360 g/mol. The molecule has 1 saturated heterocycles. The van der Waals surface area contributed by atoms with Crippen LogP contribution < -0.4 is 15.8 Å². The number of carbonyl (C=O) groups excluding carboxylic acids is 1. The zero-order chi connectivity index (χ0) is 17.7. The lowest BCUT2D eigenvalue weighted by molar-refractivity contribution is -0.136. The summed E-state index contributed by atoms with van der Waals surface area (Å²) in [5, 5.41) is 3.06. The predicted molar refractivity (Wildman–Crippen MR) is 99.7 cm³/mol. The van der Waals surface area contributed by atoms with Crippen LogP contribution in [0.3, 0.4) is 0 Å². The van der Waals surface area contributed by atoms with Gasteiger partial charge in [-0.2, -0.15) is 0 Å². The summed E-state index contributed by atoms with van der Waals surface area (Å²) in [5.41, 5.74) is 6.55.